The molecule has 0 radical (unpaired) electrons. The zero-order valence-electron chi connectivity index (χ0n) is 21.2. The lowest BCUT2D eigenvalue weighted by atomic mass is 9.78. The molecule has 188 valence electrons. The fraction of sp³-hybridized carbons (Fsp3) is 0.654. The van der Waals surface area contributed by atoms with Gasteiger partial charge in [0, 0.05) is 13.0 Å². The number of carbonyl (C=O) groups is 2. The van der Waals surface area contributed by atoms with Gasteiger partial charge in [-0.2, -0.15) is 5.26 Å². The van der Waals surface area contributed by atoms with Gasteiger partial charge in [-0.1, -0.05) is 24.3 Å². The van der Waals surface area contributed by atoms with Crippen LogP contribution in [0.5, 0.6) is 0 Å². The summed E-state index contributed by atoms with van der Waals surface area (Å²) in [6.45, 7) is 11.6. The molecule has 1 aliphatic heterocycles. The summed E-state index contributed by atoms with van der Waals surface area (Å²) in [4.78, 5) is 25.4. The van der Waals surface area contributed by atoms with Crippen molar-refractivity contribution in [3.8, 4) is 6.07 Å². The molecule has 0 N–H and O–H groups in total. The zero-order valence-corrected chi connectivity index (χ0v) is 21.2. The predicted molar refractivity (Wildman–Crippen MR) is 125 cm³/mol. The molecule has 8 heteroatoms. The summed E-state index contributed by atoms with van der Waals surface area (Å²) in [6, 6.07) is 8.81. The first kappa shape index (κ1) is 27.6. The second kappa shape index (κ2) is 9.89. The van der Waals surface area contributed by atoms with Crippen molar-refractivity contribution < 1.29 is 27.8 Å². The number of halogens is 2. The van der Waals surface area contributed by atoms with E-state index in [9.17, 15) is 23.6 Å². The SMILES string of the molecule is CC(C)(C)OC(=O)CCC(C)(C#N)c1ccc(C2CCN(C(=O)OC(C)(C)C)CC2(F)F)cc1. The number of hydrogen-bond donors (Lipinski definition) is 0. The summed E-state index contributed by atoms with van der Waals surface area (Å²) in [5.41, 5.74) is -1.22. The Kier molecular flexibility index (Phi) is 8.02. The number of rotatable bonds is 5. The predicted octanol–water partition coefficient (Wildman–Crippen LogP) is 5.95. The van der Waals surface area contributed by atoms with Gasteiger partial charge in [0.05, 0.1) is 23.9 Å². The van der Waals surface area contributed by atoms with E-state index in [0.717, 1.165) is 4.90 Å². The summed E-state index contributed by atoms with van der Waals surface area (Å²) >= 11 is 0. The Morgan fingerprint density at radius 2 is 1.62 bits per heavy atom. The molecule has 1 aromatic rings. The Morgan fingerprint density at radius 1 is 1.06 bits per heavy atom. The van der Waals surface area contributed by atoms with Crippen molar-refractivity contribution in [3.63, 3.8) is 0 Å². The van der Waals surface area contributed by atoms with Gasteiger partial charge in [0.15, 0.2) is 0 Å². The highest BCUT2D eigenvalue weighted by atomic mass is 19.3. The van der Waals surface area contributed by atoms with Crippen molar-refractivity contribution in [2.75, 3.05) is 13.1 Å². The van der Waals surface area contributed by atoms with Gasteiger partial charge in [-0.05, 0) is 72.4 Å². The lowest BCUT2D eigenvalue weighted by molar-refractivity contribution is -0.155. The molecule has 2 unspecified atom stereocenters. The number of hydrogen-bond acceptors (Lipinski definition) is 5. The van der Waals surface area contributed by atoms with Gasteiger partial charge < -0.3 is 14.4 Å². The number of benzene rings is 1. The third-order valence-corrected chi connectivity index (χ3v) is 5.70. The monoisotopic (exact) mass is 478 g/mol. The van der Waals surface area contributed by atoms with E-state index in [0.29, 0.717) is 11.1 Å². The van der Waals surface area contributed by atoms with E-state index in [-0.39, 0.29) is 31.8 Å². The number of amides is 1. The number of nitriles is 1. The number of likely N-dealkylation sites (tertiary alicyclic amines) is 1. The summed E-state index contributed by atoms with van der Waals surface area (Å²) in [6.07, 6.45) is -0.317. The van der Waals surface area contributed by atoms with Crippen LogP contribution < -0.4 is 0 Å². The van der Waals surface area contributed by atoms with Crippen molar-refractivity contribution in [2.24, 2.45) is 0 Å². The van der Waals surface area contributed by atoms with Gasteiger partial charge in [0.25, 0.3) is 5.92 Å². The van der Waals surface area contributed by atoms with E-state index in [1.165, 1.54) is 0 Å². The smallest absolute Gasteiger partial charge is 0.410 e. The van der Waals surface area contributed by atoms with Gasteiger partial charge in [-0.15, -0.1) is 0 Å². The van der Waals surface area contributed by atoms with Crippen molar-refractivity contribution in [3.05, 3.63) is 35.4 Å². The fourth-order valence-electron chi connectivity index (χ4n) is 3.93. The summed E-state index contributed by atoms with van der Waals surface area (Å²) in [5, 5.41) is 9.78. The van der Waals surface area contributed by atoms with E-state index < -0.39 is 41.1 Å². The third kappa shape index (κ3) is 7.41. The molecule has 2 rings (SSSR count). The van der Waals surface area contributed by atoms with Crippen LogP contribution in [-0.2, 0) is 19.7 Å². The molecule has 0 spiro atoms. The van der Waals surface area contributed by atoms with Crippen molar-refractivity contribution in [2.45, 2.75) is 96.2 Å². The second-order valence-electron chi connectivity index (χ2n) is 11.2. The van der Waals surface area contributed by atoms with E-state index in [1.807, 2.05) is 0 Å². The molecular formula is C26H36F2N2O4. The first-order chi connectivity index (χ1) is 15.5. The van der Waals surface area contributed by atoms with Gasteiger partial charge in [-0.3, -0.25) is 4.79 Å². The molecule has 1 aromatic carbocycles. The average Bonchev–Trinajstić information content (AvgIpc) is 2.69. The normalized spacial score (nSPS) is 20.1. The molecule has 0 saturated carbocycles. The van der Waals surface area contributed by atoms with E-state index in [2.05, 4.69) is 6.07 Å². The van der Waals surface area contributed by atoms with Crippen LogP contribution in [0.4, 0.5) is 13.6 Å². The van der Waals surface area contributed by atoms with Crippen LogP contribution in [-0.4, -0.2) is 47.2 Å². The molecule has 1 aliphatic rings. The lowest BCUT2D eigenvalue weighted by Crippen LogP contribution is -2.50. The second-order valence-corrected chi connectivity index (χ2v) is 11.2. The Bertz CT molecular complexity index is 926. The number of ether oxygens (including phenoxy) is 2. The summed E-state index contributed by atoms with van der Waals surface area (Å²) in [5.74, 6) is -4.55. The van der Waals surface area contributed by atoms with Crippen LogP contribution in [0.1, 0.15) is 84.8 Å². The topological polar surface area (TPSA) is 79.6 Å². The van der Waals surface area contributed by atoms with Gasteiger partial charge in [0.1, 0.15) is 11.2 Å². The first-order valence-electron chi connectivity index (χ1n) is 11.6. The quantitative estimate of drug-likeness (QED) is 0.489. The maximum absolute atomic E-state index is 15.0. The van der Waals surface area contributed by atoms with Crippen molar-refractivity contribution in [1.82, 2.24) is 4.90 Å². The Hall–Kier alpha value is -2.69. The van der Waals surface area contributed by atoms with Crippen molar-refractivity contribution in [1.29, 1.82) is 5.26 Å². The van der Waals surface area contributed by atoms with Crippen molar-refractivity contribution >= 4 is 12.1 Å². The van der Waals surface area contributed by atoms with E-state index in [4.69, 9.17) is 9.47 Å². The first-order valence-corrected chi connectivity index (χ1v) is 11.6. The van der Waals surface area contributed by atoms with Crippen LogP contribution in [0.3, 0.4) is 0 Å². The Labute approximate surface area is 201 Å². The lowest BCUT2D eigenvalue weighted by Gasteiger charge is -2.39. The molecule has 1 saturated heterocycles. The fourth-order valence-corrected chi connectivity index (χ4v) is 3.93. The molecule has 0 aromatic heterocycles. The van der Waals surface area contributed by atoms with E-state index >= 15 is 0 Å². The number of nitrogens with zero attached hydrogens (tertiary/aromatic N) is 2. The standard InChI is InChI=1S/C26H36F2N2O4/c1-23(2,3)33-21(31)12-14-25(7,16-29)19-10-8-18(9-11-19)20-13-15-30(17-26(20,27)28)22(32)34-24(4,5)6/h8-11,20H,12-15,17H2,1-7H3. The highest BCUT2D eigenvalue weighted by Crippen LogP contribution is 2.41. The minimum absolute atomic E-state index is 0.0737. The summed E-state index contributed by atoms with van der Waals surface area (Å²) in [7, 11) is 0. The largest absolute Gasteiger partial charge is 0.460 e. The molecule has 34 heavy (non-hydrogen) atoms. The molecule has 6 nitrogen and oxygen atoms in total. The third-order valence-electron chi connectivity index (χ3n) is 5.70. The van der Waals surface area contributed by atoms with Gasteiger partial charge >= 0.3 is 12.1 Å². The molecule has 0 aliphatic carbocycles. The van der Waals surface area contributed by atoms with Crippen LogP contribution in [0, 0.1) is 11.3 Å². The van der Waals surface area contributed by atoms with Gasteiger partial charge in [-0.25, -0.2) is 13.6 Å². The molecule has 1 fully saturated rings. The Balaban J connectivity index is 2.10. The van der Waals surface area contributed by atoms with Crippen LogP contribution in [0.15, 0.2) is 24.3 Å². The maximum Gasteiger partial charge on any atom is 0.410 e. The number of esters is 1. The average molecular weight is 479 g/mol. The number of carbonyl (C=O) groups excluding carboxylic acids is 2. The Morgan fingerprint density at radius 3 is 2.09 bits per heavy atom. The van der Waals surface area contributed by atoms with Crippen LogP contribution in [0.25, 0.3) is 0 Å². The molecular weight excluding hydrogens is 442 g/mol. The van der Waals surface area contributed by atoms with Crippen LogP contribution in [0.2, 0.25) is 0 Å². The van der Waals surface area contributed by atoms with Gasteiger partial charge in [0.2, 0.25) is 0 Å². The molecule has 0 bridgehead atoms. The molecule has 1 heterocycles. The maximum atomic E-state index is 15.0. The number of piperidine rings is 1. The van der Waals surface area contributed by atoms with Crippen LogP contribution >= 0.6 is 0 Å². The minimum Gasteiger partial charge on any atom is -0.460 e. The highest BCUT2D eigenvalue weighted by Gasteiger charge is 2.47. The minimum atomic E-state index is -3.12. The number of alkyl halides is 2. The summed E-state index contributed by atoms with van der Waals surface area (Å²) < 4.78 is 40.5. The highest BCUT2D eigenvalue weighted by molar-refractivity contribution is 5.70. The zero-order chi connectivity index (χ0) is 25.9. The molecule has 2 atom stereocenters. The van der Waals surface area contributed by atoms with E-state index in [1.54, 1.807) is 72.7 Å². The molecule has 1 amide bonds.